The second-order valence-corrected chi connectivity index (χ2v) is 4.29. The van der Waals surface area contributed by atoms with Crippen LogP contribution in [0.2, 0.25) is 0 Å². The lowest BCUT2D eigenvalue weighted by Crippen LogP contribution is -2.25. The predicted molar refractivity (Wildman–Crippen MR) is 62.8 cm³/mol. The Hall–Kier alpha value is -0.820. The van der Waals surface area contributed by atoms with E-state index < -0.39 is 0 Å². The first-order valence-corrected chi connectivity index (χ1v) is 5.39. The lowest BCUT2D eigenvalue weighted by molar-refractivity contribution is 0.590. The standard InChI is InChI=1S/C13H21N/c1-10(2)14-8-7-13-9-11(3)5-6-12(13)4/h5-6,9-10,14H,7-8H2,1-4H3. The van der Waals surface area contributed by atoms with Crippen molar-refractivity contribution in [2.45, 2.75) is 40.2 Å². The van der Waals surface area contributed by atoms with E-state index in [-0.39, 0.29) is 0 Å². The van der Waals surface area contributed by atoms with Crippen molar-refractivity contribution in [3.8, 4) is 0 Å². The van der Waals surface area contributed by atoms with Gasteiger partial charge in [0, 0.05) is 6.04 Å². The topological polar surface area (TPSA) is 12.0 Å². The molecule has 0 radical (unpaired) electrons. The molecule has 1 nitrogen and oxygen atoms in total. The highest BCUT2D eigenvalue weighted by atomic mass is 14.9. The van der Waals surface area contributed by atoms with Crippen LogP contribution >= 0.6 is 0 Å². The third kappa shape index (κ3) is 3.51. The molecular weight excluding hydrogens is 170 g/mol. The van der Waals surface area contributed by atoms with Gasteiger partial charge in [0.05, 0.1) is 0 Å². The Labute approximate surface area is 87.5 Å². The van der Waals surface area contributed by atoms with Crippen molar-refractivity contribution in [3.63, 3.8) is 0 Å². The third-order valence-corrected chi connectivity index (χ3v) is 2.45. The molecule has 0 spiro atoms. The summed E-state index contributed by atoms with van der Waals surface area (Å²) in [6, 6.07) is 7.26. The Morgan fingerprint density at radius 1 is 1.21 bits per heavy atom. The number of hydrogen-bond acceptors (Lipinski definition) is 1. The molecule has 0 heterocycles. The van der Waals surface area contributed by atoms with Gasteiger partial charge in [0.15, 0.2) is 0 Å². The largest absolute Gasteiger partial charge is 0.314 e. The molecule has 0 bridgehead atoms. The Balaban J connectivity index is 2.53. The number of aryl methyl sites for hydroxylation is 2. The number of rotatable bonds is 4. The van der Waals surface area contributed by atoms with Crippen LogP contribution in [0.3, 0.4) is 0 Å². The van der Waals surface area contributed by atoms with Crippen LogP contribution in [0.5, 0.6) is 0 Å². The highest BCUT2D eigenvalue weighted by molar-refractivity contribution is 5.30. The third-order valence-electron chi connectivity index (χ3n) is 2.45. The van der Waals surface area contributed by atoms with Crippen molar-refractivity contribution in [2.75, 3.05) is 6.54 Å². The highest BCUT2D eigenvalue weighted by Crippen LogP contribution is 2.10. The Bertz CT molecular complexity index is 289. The maximum Gasteiger partial charge on any atom is 0.00105 e. The summed E-state index contributed by atoms with van der Waals surface area (Å²) in [6.45, 7) is 9.77. The fourth-order valence-corrected chi connectivity index (χ4v) is 1.57. The summed E-state index contributed by atoms with van der Waals surface area (Å²) >= 11 is 0. The van der Waals surface area contributed by atoms with Crippen LogP contribution in [0.15, 0.2) is 18.2 Å². The van der Waals surface area contributed by atoms with Crippen molar-refractivity contribution in [1.29, 1.82) is 0 Å². The summed E-state index contributed by atoms with van der Waals surface area (Å²) in [6.07, 6.45) is 1.13. The molecule has 1 aromatic rings. The molecule has 0 aliphatic rings. The zero-order chi connectivity index (χ0) is 10.6. The van der Waals surface area contributed by atoms with Gasteiger partial charge in [-0.3, -0.25) is 0 Å². The van der Waals surface area contributed by atoms with Gasteiger partial charge in [-0.05, 0) is 37.9 Å². The molecule has 0 atom stereocenters. The molecule has 1 heteroatoms. The molecule has 14 heavy (non-hydrogen) atoms. The normalized spacial score (nSPS) is 10.9. The van der Waals surface area contributed by atoms with Crippen LogP contribution in [-0.4, -0.2) is 12.6 Å². The molecule has 78 valence electrons. The first-order chi connectivity index (χ1) is 6.59. The zero-order valence-electron chi connectivity index (χ0n) is 9.72. The average molecular weight is 191 g/mol. The second-order valence-electron chi connectivity index (χ2n) is 4.29. The van der Waals surface area contributed by atoms with Crippen LogP contribution < -0.4 is 5.32 Å². The van der Waals surface area contributed by atoms with Crippen LogP contribution in [0, 0.1) is 13.8 Å². The SMILES string of the molecule is Cc1ccc(C)c(CCNC(C)C)c1. The summed E-state index contributed by atoms with van der Waals surface area (Å²) in [5.41, 5.74) is 4.23. The zero-order valence-corrected chi connectivity index (χ0v) is 9.72. The molecule has 0 aromatic heterocycles. The van der Waals surface area contributed by atoms with Crippen LogP contribution in [0.1, 0.15) is 30.5 Å². The van der Waals surface area contributed by atoms with E-state index in [1.165, 1.54) is 16.7 Å². The van der Waals surface area contributed by atoms with Gasteiger partial charge in [-0.1, -0.05) is 37.6 Å². The predicted octanol–water partition coefficient (Wildman–Crippen LogP) is 2.84. The molecule has 0 amide bonds. The molecule has 0 saturated carbocycles. The van der Waals surface area contributed by atoms with Gasteiger partial charge in [-0.15, -0.1) is 0 Å². The van der Waals surface area contributed by atoms with Crippen molar-refractivity contribution < 1.29 is 0 Å². The number of benzene rings is 1. The van der Waals surface area contributed by atoms with E-state index in [9.17, 15) is 0 Å². The van der Waals surface area contributed by atoms with E-state index in [0.717, 1.165) is 13.0 Å². The fourth-order valence-electron chi connectivity index (χ4n) is 1.57. The van der Waals surface area contributed by atoms with Crippen LogP contribution in [0.4, 0.5) is 0 Å². The molecular formula is C13H21N. The van der Waals surface area contributed by atoms with E-state index >= 15 is 0 Å². The molecule has 0 fully saturated rings. The highest BCUT2D eigenvalue weighted by Gasteiger charge is 1.99. The Morgan fingerprint density at radius 2 is 1.93 bits per heavy atom. The summed E-state index contributed by atoms with van der Waals surface area (Å²) in [5, 5.41) is 3.44. The van der Waals surface area contributed by atoms with Gasteiger partial charge < -0.3 is 5.32 Å². The summed E-state index contributed by atoms with van der Waals surface area (Å²) in [4.78, 5) is 0. The summed E-state index contributed by atoms with van der Waals surface area (Å²) < 4.78 is 0. The first-order valence-electron chi connectivity index (χ1n) is 5.39. The second kappa shape index (κ2) is 5.16. The van der Waals surface area contributed by atoms with Crippen molar-refractivity contribution >= 4 is 0 Å². The van der Waals surface area contributed by atoms with E-state index in [1.807, 2.05) is 0 Å². The first kappa shape index (κ1) is 11.3. The van der Waals surface area contributed by atoms with E-state index in [2.05, 4.69) is 51.2 Å². The number of hydrogen-bond donors (Lipinski definition) is 1. The van der Waals surface area contributed by atoms with E-state index in [4.69, 9.17) is 0 Å². The average Bonchev–Trinajstić information content (AvgIpc) is 2.10. The number of nitrogens with one attached hydrogen (secondary N) is 1. The monoisotopic (exact) mass is 191 g/mol. The van der Waals surface area contributed by atoms with Crippen LogP contribution in [0.25, 0.3) is 0 Å². The molecule has 0 aliphatic heterocycles. The van der Waals surface area contributed by atoms with Crippen molar-refractivity contribution in [3.05, 3.63) is 34.9 Å². The molecule has 0 aliphatic carbocycles. The van der Waals surface area contributed by atoms with Crippen molar-refractivity contribution in [1.82, 2.24) is 5.32 Å². The quantitative estimate of drug-likeness (QED) is 0.771. The Kier molecular flexibility index (Phi) is 4.15. The summed E-state index contributed by atoms with van der Waals surface area (Å²) in [7, 11) is 0. The molecule has 1 N–H and O–H groups in total. The van der Waals surface area contributed by atoms with Gasteiger partial charge in [-0.2, -0.15) is 0 Å². The summed E-state index contributed by atoms with van der Waals surface area (Å²) in [5.74, 6) is 0. The molecule has 1 aromatic carbocycles. The minimum atomic E-state index is 0.583. The minimum absolute atomic E-state index is 0.583. The van der Waals surface area contributed by atoms with E-state index in [0.29, 0.717) is 6.04 Å². The molecule has 0 saturated heterocycles. The lowest BCUT2D eigenvalue weighted by atomic mass is 10.0. The molecule has 0 unspecified atom stereocenters. The fraction of sp³-hybridized carbons (Fsp3) is 0.538. The van der Waals surface area contributed by atoms with E-state index in [1.54, 1.807) is 0 Å². The Morgan fingerprint density at radius 3 is 2.57 bits per heavy atom. The van der Waals surface area contributed by atoms with Gasteiger partial charge in [0.2, 0.25) is 0 Å². The van der Waals surface area contributed by atoms with Gasteiger partial charge in [-0.25, -0.2) is 0 Å². The maximum atomic E-state index is 3.44. The lowest BCUT2D eigenvalue weighted by Gasteiger charge is -2.10. The van der Waals surface area contributed by atoms with Gasteiger partial charge >= 0.3 is 0 Å². The van der Waals surface area contributed by atoms with Crippen molar-refractivity contribution in [2.24, 2.45) is 0 Å². The minimum Gasteiger partial charge on any atom is -0.314 e. The van der Waals surface area contributed by atoms with Gasteiger partial charge in [0.25, 0.3) is 0 Å². The smallest absolute Gasteiger partial charge is 0.00105 e. The van der Waals surface area contributed by atoms with Crippen LogP contribution in [-0.2, 0) is 6.42 Å². The maximum absolute atomic E-state index is 3.44. The van der Waals surface area contributed by atoms with Gasteiger partial charge in [0.1, 0.15) is 0 Å². The molecule has 1 rings (SSSR count).